The lowest BCUT2D eigenvalue weighted by Gasteiger charge is -2.07. The summed E-state index contributed by atoms with van der Waals surface area (Å²) in [5, 5.41) is 11.2. The van der Waals surface area contributed by atoms with E-state index >= 15 is 0 Å². The molecule has 1 aromatic carbocycles. The van der Waals surface area contributed by atoms with Crippen LogP contribution in [0.1, 0.15) is 39.0 Å². The Morgan fingerprint density at radius 3 is 2.48 bits per heavy atom. The molecule has 0 unspecified atom stereocenters. The van der Waals surface area contributed by atoms with Crippen LogP contribution in [0.4, 0.5) is 14.5 Å². The molecule has 1 N–H and O–H groups in total. The maximum Gasteiger partial charge on any atom is 0.275 e. The van der Waals surface area contributed by atoms with Crippen molar-refractivity contribution in [3.63, 3.8) is 0 Å². The lowest BCUT2D eigenvalue weighted by atomic mass is 10.1. The largest absolute Gasteiger partial charge is 0.341 e. The number of hydrogen-bond acceptors (Lipinski definition) is 3. The molecule has 1 heterocycles. The number of carbonyl (C=O) groups is 2. The monoisotopic (exact) mass is 317 g/mol. The first-order valence-electron chi connectivity index (χ1n) is 6.64. The van der Waals surface area contributed by atoms with Crippen molar-refractivity contribution < 1.29 is 18.4 Å². The molecule has 2 aromatic rings. The molecule has 1 aromatic heterocycles. The molecule has 0 aliphatic rings. The van der Waals surface area contributed by atoms with Crippen LogP contribution in [-0.2, 0) is 7.05 Å². The summed E-state index contributed by atoms with van der Waals surface area (Å²) in [5.74, 6) is -2.90. The van der Waals surface area contributed by atoms with Crippen molar-refractivity contribution in [3.05, 3.63) is 52.3 Å². The first-order valence-corrected chi connectivity index (χ1v) is 6.64. The van der Waals surface area contributed by atoms with E-state index in [-0.39, 0.29) is 22.5 Å². The molecule has 118 valence electrons. The highest BCUT2D eigenvalue weighted by molar-refractivity contribution is 6.06. The van der Waals surface area contributed by atoms with Gasteiger partial charge in [0.2, 0.25) is 0 Å². The number of benzene rings is 1. The average molecular weight is 317 g/mol. The second-order valence-electron chi connectivity index (χ2n) is 5.00. The van der Waals surface area contributed by atoms with Gasteiger partial charge in [0, 0.05) is 18.4 Å². The van der Waals surface area contributed by atoms with Crippen LogP contribution in [0.5, 0.6) is 0 Å². The van der Waals surface area contributed by atoms with Crippen LogP contribution < -0.4 is 5.32 Å². The third-order valence-corrected chi connectivity index (χ3v) is 3.54. The maximum atomic E-state index is 14.4. The second kappa shape index (κ2) is 6.01. The fraction of sp³-hybridized carbons (Fsp3) is 0.188. The van der Waals surface area contributed by atoms with E-state index in [9.17, 15) is 18.4 Å². The number of aromatic nitrogens is 1. The molecule has 23 heavy (non-hydrogen) atoms. The van der Waals surface area contributed by atoms with Gasteiger partial charge >= 0.3 is 0 Å². The van der Waals surface area contributed by atoms with Gasteiger partial charge in [-0.15, -0.1) is 0 Å². The summed E-state index contributed by atoms with van der Waals surface area (Å²) in [6, 6.07) is 5.08. The van der Waals surface area contributed by atoms with Gasteiger partial charge in [0.15, 0.2) is 11.6 Å². The molecule has 0 bridgehead atoms. The first-order chi connectivity index (χ1) is 10.8. The van der Waals surface area contributed by atoms with Crippen LogP contribution in [0.2, 0.25) is 0 Å². The molecular formula is C16H13F2N3O2. The number of nitrogens with one attached hydrogen (secondary N) is 1. The molecule has 0 aliphatic carbocycles. The van der Waals surface area contributed by atoms with Gasteiger partial charge in [-0.25, -0.2) is 8.78 Å². The highest BCUT2D eigenvalue weighted by Crippen LogP contribution is 2.22. The number of carbonyl (C=O) groups excluding carboxylic acids is 2. The van der Waals surface area contributed by atoms with Crippen molar-refractivity contribution in [3.8, 4) is 6.07 Å². The highest BCUT2D eigenvalue weighted by atomic mass is 19.1. The minimum Gasteiger partial charge on any atom is -0.341 e. The average Bonchev–Trinajstić information content (AvgIpc) is 2.71. The smallest absolute Gasteiger partial charge is 0.275 e. The van der Waals surface area contributed by atoms with Crippen molar-refractivity contribution in [2.24, 2.45) is 7.05 Å². The quantitative estimate of drug-likeness (QED) is 0.884. The molecule has 5 nitrogen and oxygen atoms in total. The summed E-state index contributed by atoms with van der Waals surface area (Å²) >= 11 is 0. The van der Waals surface area contributed by atoms with Gasteiger partial charge in [0.1, 0.15) is 17.6 Å². The zero-order valence-corrected chi connectivity index (χ0v) is 12.7. The lowest BCUT2D eigenvalue weighted by molar-refractivity contribution is 0.101. The Labute approximate surface area is 131 Å². The molecule has 2 rings (SSSR count). The Bertz CT molecular complexity index is 863. The lowest BCUT2D eigenvalue weighted by Crippen LogP contribution is -2.17. The SMILES string of the molecule is CC(=O)c1c(F)c(C(=O)Nc2ccc(F)c(C#N)c2)n(C)c1C. The summed E-state index contributed by atoms with van der Waals surface area (Å²) in [5.41, 5.74) is -0.215. The Morgan fingerprint density at radius 1 is 1.30 bits per heavy atom. The van der Waals surface area contributed by atoms with E-state index in [0.717, 1.165) is 12.1 Å². The predicted octanol–water partition coefficient (Wildman–Crippen LogP) is 2.94. The van der Waals surface area contributed by atoms with Crippen LogP contribution in [-0.4, -0.2) is 16.3 Å². The molecule has 0 aliphatic heterocycles. The number of nitrogens with zero attached hydrogens (tertiary/aromatic N) is 2. The van der Waals surface area contributed by atoms with Crippen molar-refractivity contribution in [1.29, 1.82) is 5.26 Å². The number of anilines is 1. The van der Waals surface area contributed by atoms with Crippen molar-refractivity contribution >= 4 is 17.4 Å². The van der Waals surface area contributed by atoms with Gasteiger partial charge in [-0.3, -0.25) is 9.59 Å². The van der Waals surface area contributed by atoms with Gasteiger partial charge in [0.25, 0.3) is 5.91 Å². The third-order valence-electron chi connectivity index (χ3n) is 3.54. The van der Waals surface area contributed by atoms with E-state index in [2.05, 4.69) is 5.32 Å². The number of Topliss-reactive ketones (excluding diaryl/α,β-unsaturated/α-hetero) is 1. The summed E-state index contributed by atoms with van der Waals surface area (Å²) < 4.78 is 28.9. The standard InChI is InChI=1S/C16H13F2N3O2/c1-8-13(9(2)22)14(18)15(21(8)3)16(23)20-11-4-5-12(17)10(6-11)7-19/h4-6H,1-3H3,(H,20,23). The highest BCUT2D eigenvalue weighted by Gasteiger charge is 2.26. The van der Waals surface area contributed by atoms with E-state index in [0.29, 0.717) is 5.69 Å². The van der Waals surface area contributed by atoms with Crippen LogP contribution in [0.15, 0.2) is 18.2 Å². The minimum absolute atomic E-state index is 0.144. The van der Waals surface area contributed by atoms with Gasteiger partial charge < -0.3 is 9.88 Å². The number of halogens is 2. The van der Waals surface area contributed by atoms with E-state index in [1.165, 1.54) is 31.5 Å². The molecule has 0 atom stereocenters. The number of rotatable bonds is 3. The van der Waals surface area contributed by atoms with Crippen molar-refractivity contribution in [1.82, 2.24) is 4.57 Å². The zero-order valence-electron chi connectivity index (χ0n) is 12.7. The molecule has 7 heteroatoms. The maximum absolute atomic E-state index is 14.4. The van der Waals surface area contributed by atoms with Crippen LogP contribution in [0, 0.1) is 29.9 Å². The summed E-state index contributed by atoms with van der Waals surface area (Å²) in [6.07, 6.45) is 0. The number of amides is 1. The van der Waals surface area contributed by atoms with Crippen LogP contribution in [0.3, 0.4) is 0 Å². The fourth-order valence-electron chi connectivity index (χ4n) is 2.30. The van der Waals surface area contributed by atoms with Crippen molar-refractivity contribution in [2.45, 2.75) is 13.8 Å². The summed E-state index contributed by atoms with van der Waals surface area (Å²) in [6.45, 7) is 2.74. The predicted molar refractivity (Wildman–Crippen MR) is 79.2 cm³/mol. The van der Waals surface area contributed by atoms with Crippen molar-refractivity contribution in [2.75, 3.05) is 5.32 Å². The molecule has 0 saturated heterocycles. The summed E-state index contributed by atoms with van der Waals surface area (Å²) in [4.78, 5) is 23.8. The van der Waals surface area contributed by atoms with E-state index in [4.69, 9.17) is 5.26 Å². The van der Waals surface area contributed by atoms with Gasteiger partial charge in [0.05, 0.1) is 11.1 Å². The molecule has 0 fully saturated rings. The fourth-order valence-corrected chi connectivity index (χ4v) is 2.30. The molecule has 1 amide bonds. The van der Waals surface area contributed by atoms with E-state index < -0.39 is 23.3 Å². The first kappa shape index (κ1) is 16.4. The van der Waals surface area contributed by atoms with E-state index in [1.54, 1.807) is 6.07 Å². The Balaban J connectivity index is 2.41. The van der Waals surface area contributed by atoms with Gasteiger partial charge in [-0.2, -0.15) is 5.26 Å². The minimum atomic E-state index is -0.905. The molecular weight excluding hydrogens is 304 g/mol. The Kier molecular flexibility index (Phi) is 4.27. The zero-order chi connectivity index (χ0) is 17.3. The molecule has 0 saturated carbocycles. The summed E-state index contributed by atoms with van der Waals surface area (Å²) in [7, 11) is 1.46. The van der Waals surface area contributed by atoms with E-state index in [1.807, 2.05) is 0 Å². The van der Waals surface area contributed by atoms with Gasteiger partial charge in [-0.1, -0.05) is 0 Å². The normalized spacial score (nSPS) is 10.3. The Morgan fingerprint density at radius 2 is 1.96 bits per heavy atom. The number of nitriles is 1. The molecule has 0 radical (unpaired) electrons. The van der Waals surface area contributed by atoms with Crippen LogP contribution in [0.25, 0.3) is 0 Å². The van der Waals surface area contributed by atoms with Crippen LogP contribution >= 0.6 is 0 Å². The topological polar surface area (TPSA) is 74.9 Å². The second-order valence-corrected chi connectivity index (χ2v) is 5.00. The Hall–Kier alpha value is -3.01. The molecule has 0 spiro atoms. The number of hydrogen-bond donors (Lipinski definition) is 1. The number of ketones is 1. The van der Waals surface area contributed by atoms with Gasteiger partial charge in [-0.05, 0) is 32.0 Å². The third kappa shape index (κ3) is 2.83.